The van der Waals surface area contributed by atoms with Crippen LogP contribution in [0.5, 0.6) is 11.5 Å². The lowest BCUT2D eigenvalue weighted by Gasteiger charge is -2.38. The molecule has 250 valence electrons. The molecule has 1 atom stereocenters. The predicted molar refractivity (Wildman–Crippen MR) is 179 cm³/mol. The monoisotopic (exact) mass is 656 g/mol. The lowest BCUT2D eigenvalue weighted by molar-refractivity contribution is -0.137. The smallest absolute Gasteiger partial charge is 0.416 e. The topological polar surface area (TPSA) is 68.6 Å². The largest absolute Gasteiger partial charge is 0.457 e. The average Bonchev–Trinajstić information content (AvgIpc) is 3.50. The van der Waals surface area contributed by atoms with Gasteiger partial charge in [-0.15, -0.1) is 0 Å². The van der Waals surface area contributed by atoms with Gasteiger partial charge in [0, 0.05) is 37.3 Å². The number of alkyl halides is 3. The second kappa shape index (κ2) is 14.6. The van der Waals surface area contributed by atoms with Crippen LogP contribution in [0.2, 0.25) is 0 Å². The molecule has 0 radical (unpaired) electrons. The maximum atomic E-state index is 12.9. The van der Waals surface area contributed by atoms with Gasteiger partial charge in [0.25, 0.3) is 5.91 Å². The zero-order valence-corrected chi connectivity index (χ0v) is 27.0. The van der Waals surface area contributed by atoms with E-state index in [1.54, 1.807) is 7.11 Å². The Hall–Kier alpha value is -4.67. The standard InChI is InChI=1S/C38H39F3N4O3/c1-26-33(37(46)42-20-23-47-2)16-17-35-34(26)25-45(43-35)24-27-18-21-44(22-19-27)36(28-6-4-3-5-7-28)29-8-12-31(13-9-29)48-32-14-10-30(11-15-32)38(39,40)41/h3-17,25,27,36H,18-24H2,1-2H3,(H,42,46). The van der Waals surface area contributed by atoms with Crippen LogP contribution < -0.4 is 10.1 Å². The number of hydrogen-bond donors (Lipinski definition) is 1. The van der Waals surface area contributed by atoms with Gasteiger partial charge in [-0.3, -0.25) is 14.4 Å². The first-order valence-corrected chi connectivity index (χ1v) is 16.2. The predicted octanol–water partition coefficient (Wildman–Crippen LogP) is 8.03. The molecular weight excluding hydrogens is 617 g/mol. The van der Waals surface area contributed by atoms with Crippen LogP contribution in [0, 0.1) is 12.8 Å². The molecule has 0 saturated carbocycles. The number of carbonyl (C=O) groups is 1. The minimum atomic E-state index is -4.39. The van der Waals surface area contributed by atoms with E-state index in [9.17, 15) is 18.0 Å². The number of methoxy groups -OCH3 is 1. The highest BCUT2D eigenvalue weighted by Crippen LogP contribution is 2.35. The van der Waals surface area contributed by atoms with Crippen molar-refractivity contribution in [1.29, 1.82) is 0 Å². The van der Waals surface area contributed by atoms with Crippen molar-refractivity contribution < 1.29 is 27.4 Å². The highest BCUT2D eigenvalue weighted by molar-refractivity contribution is 6.00. The summed E-state index contributed by atoms with van der Waals surface area (Å²) in [5.74, 6) is 1.26. The molecule has 1 saturated heterocycles. The van der Waals surface area contributed by atoms with Crippen LogP contribution in [0.1, 0.15) is 51.5 Å². The number of carbonyl (C=O) groups excluding carboxylic acids is 1. The molecule has 7 nitrogen and oxygen atoms in total. The summed E-state index contributed by atoms with van der Waals surface area (Å²) in [5, 5.41) is 8.72. The molecular formula is C38H39F3N4O3. The maximum Gasteiger partial charge on any atom is 0.416 e. The fraction of sp³-hybridized carbons (Fsp3) is 0.316. The number of amides is 1. The van der Waals surface area contributed by atoms with Gasteiger partial charge < -0.3 is 14.8 Å². The van der Waals surface area contributed by atoms with E-state index < -0.39 is 11.7 Å². The zero-order chi connectivity index (χ0) is 33.7. The van der Waals surface area contributed by atoms with Crippen LogP contribution in [0.25, 0.3) is 10.9 Å². The van der Waals surface area contributed by atoms with Gasteiger partial charge in [0.15, 0.2) is 0 Å². The van der Waals surface area contributed by atoms with Gasteiger partial charge in [-0.25, -0.2) is 0 Å². The first kappa shape index (κ1) is 33.2. The molecule has 1 aromatic heterocycles. The number of likely N-dealkylation sites (tertiary alicyclic amines) is 1. The summed E-state index contributed by atoms with van der Waals surface area (Å²) in [5.41, 5.74) is 4.07. The second-order valence-corrected chi connectivity index (χ2v) is 12.3. The second-order valence-electron chi connectivity index (χ2n) is 12.3. The number of aromatic nitrogens is 2. The van der Waals surface area contributed by atoms with Crippen molar-refractivity contribution in [3.63, 3.8) is 0 Å². The number of nitrogens with one attached hydrogen (secondary N) is 1. The molecule has 4 aromatic carbocycles. The minimum absolute atomic E-state index is 0.0515. The molecule has 1 fully saturated rings. The Balaban J connectivity index is 1.11. The van der Waals surface area contributed by atoms with Crippen molar-refractivity contribution in [3.8, 4) is 11.5 Å². The normalized spacial score (nSPS) is 15.0. The van der Waals surface area contributed by atoms with Crippen molar-refractivity contribution in [2.24, 2.45) is 5.92 Å². The summed E-state index contributed by atoms with van der Waals surface area (Å²) in [4.78, 5) is 15.2. The van der Waals surface area contributed by atoms with E-state index in [-0.39, 0.29) is 11.9 Å². The number of benzene rings is 4. The fourth-order valence-corrected chi connectivity index (χ4v) is 6.46. The van der Waals surface area contributed by atoms with E-state index in [0.29, 0.717) is 36.1 Å². The molecule has 48 heavy (non-hydrogen) atoms. The highest BCUT2D eigenvalue weighted by atomic mass is 19.4. The summed E-state index contributed by atoms with van der Waals surface area (Å²) in [7, 11) is 1.61. The van der Waals surface area contributed by atoms with Gasteiger partial charge in [-0.05, 0) is 104 Å². The van der Waals surface area contributed by atoms with E-state index in [4.69, 9.17) is 14.6 Å². The summed E-state index contributed by atoms with van der Waals surface area (Å²) >= 11 is 0. The molecule has 1 N–H and O–H groups in total. The van der Waals surface area contributed by atoms with Crippen LogP contribution in [0.3, 0.4) is 0 Å². The van der Waals surface area contributed by atoms with E-state index in [0.717, 1.165) is 66.6 Å². The lowest BCUT2D eigenvalue weighted by atomic mass is 9.91. The Labute approximate surface area is 278 Å². The third kappa shape index (κ3) is 7.72. The first-order valence-electron chi connectivity index (χ1n) is 16.2. The molecule has 1 aliphatic heterocycles. The van der Waals surface area contributed by atoms with Gasteiger partial charge in [0.2, 0.25) is 0 Å². The number of aryl methyl sites for hydroxylation is 1. The van der Waals surface area contributed by atoms with Crippen LogP contribution in [0.4, 0.5) is 13.2 Å². The molecule has 6 rings (SSSR count). The number of fused-ring (bicyclic) bond motifs is 1. The van der Waals surface area contributed by atoms with Gasteiger partial charge in [-0.2, -0.15) is 18.3 Å². The maximum absolute atomic E-state index is 12.9. The average molecular weight is 657 g/mol. The van der Waals surface area contributed by atoms with E-state index in [1.807, 2.05) is 54.1 Å². The molecule has 1 aliphatic rings. The van der Waals surface area contributed by atoms with Crippen LogP contribution in [-0.2, 0) is 17.5 Å². The van der Waals surface area contributed by atoms with Crippen molar-refractivity contribution >= 4 is 16.8 Å². The van der Waals surface area contributed by atoms with E-state index in [1.165, 1.54) is 17.7 Å². The Bertz CT molecular complexity index is 1820. The molecule has 5 aromatic rings. The summed E-state index contributed by atoms with van der Waals surface area (Å²) < 4.78 is 51.7. The van der Waals surface area contributed by atoms with Crippen LogP contribution >= 0.6 is 0 Å². The Morgan fingerprint density at radius 1 is 0.917 bits per heavy atom. The van der Waals surface area contributed by atoms with Gasteiger partial charge in [0.05, 0.1) is 23.7 Å². The van der Waals surface area contributed by atoms with Crippen molar-refractivity contribution in [3.05, 3.63) is 125 Å². The SMILES string of the molecule is COCCNC(=O)c1ccc2nn(CC3CCN(C(c4ccccc4)c4ccc(Oc5ccc(C(F)(F)F)cc5)cc4)CC3)cc2c1C. The number of hydrogen-bond acceptors (Lipinski definition) is 5. The molecule has 0 spiro atoms. The number of rotatable bonds is 11. The summed E-state index contributed by atoms with van der Waals surface area (Å²) in [6, 6.07) is 26.7. The Morgan fingerprint density at radius 2 is 1.56 bits per heavy atom. The molecule has 10 heteroatoms. The molecule has 0 bridgehead atoms. The number of halogens is 3. The highest BCUT2D eigenvalue weighted by Gasteiger charge is 2.30. The number of nitrogens with zero attached hydrogens (tertiary/aromatic N) is 3. The summed E-state index contributed by atoms with van der Waals surface area (Å²) in [6.07, 6.45) is -0.297. The number of ether oxygens (including phenoxy) is 2. The summed E-state index contributed by atoms with van der Waals surface area (Å²) in [6.45, 7) is 5.53. The fourth-order valence-electron chi connectivity index (χ4n) is 6.46. The molecule has 0 aliphatic carbocycles. The van der Waals surface area contributed by atoms with Gasteiger partial charge in [0.1, 0.15) is 11.5 Å². The molecule has 1 unspecified atom stereocenters. The van der Waals surface area contributed by atoms with Crippen LogP contribution in [0.15, 0.2) is 97.2 Å². The molecule has 2 heterocycles. The van der Waals surface area contributed by atoms with Crippen LogP contribution in [-0.4, -0.2) is 53.9 Å². The van der Waals surface area contributed by atoms with E-state index >= 15 is 0 Å². The zero-order valence-electron chi connectivity index (χ0n) is 27.0. The third-order valence-corrected chi connectivity index (χ3v) is 9.03. The third-order valence-electron chi connectivity index (χ3n) is 9.03. The van der Waals surface area contributed by atoms with Crippen molar-refractivity contribution in [2.45, 2.75) is 38.5 Å². The quantitative estimate of drug-likeness (QED) is 0.146. The molecule has 1 amide bonds. The first-order chi connectivity index (χ1) is 23.2. The van der Waals surface area contributed by atoms with Crippen molar-refractivity contribution in [2.75, 3.05) is 33.4 Å². The Morgan fingerprint density at radius 3 is 2.21 bits per heavy atom. The van der Waals surface area contributed by atoms with Gasteiger partial charge >= 0.3 is 6.18 Å². The minimum Gasteiger partial charge on any atom is -0.457 e. The Kier molecular flexibility index (Phi) is 10.1. The van der Waals surface area contributed by atoms with Gasteiger partial charge in [-0.1, -0.05) is 42.5 Å². The lowest BCUT2D eigenvalue weighted by Crippen LogP contribution is -2.38. The van der Waals surface area contributed by atoms with Crippen molar-refractivity contribution in [1.82, 2.24) is 20.0 Å². The van der Waals surface area contributed by atoms with E-state index in [2.05, 4.69) is 40.7 Å². The number of piperidine rings is 1.